The van der Waals surface area contributed by atoms with Crippen LogP contribution in [0.1, 0.15) is 10.4 Å². The van der Waals surface area contributed by atoms with Gasteiger partial charge in [0.2, 0.25) is 0 Å². The van der Waals surface area contributed by atoms with Crippen molar-refractivity contribution in [2.24, 2.45) is 0 Å². The molecule has 16 heavy (non-hydrogen) atoms. The van der Waals surface area contributed by atoms with Crippen molar-refractivity contribution in [3.05, 3.63) is 39.7 Å². The van der Waals surface area contributed by atoms with Gasteiger partial charge in [-0.25, -0.2) is 0 Å². The molecule has 1 N–H and O–H groups in total. The Kier molecular flexibility index (Phi) is 3.41. The molecule has 1 heterocycles. The first-order chi connectivity index (χ1) is 7.76. The second-order valence-corrected chi connectivity index (χ2v) is 5.06. The van der Waals surface area contributed by atoms with Gasteiger partial charge in [0.25, 0.3) is 0 Å². The van der Waals surface area contributed by atoms with Gasteiger partial charge in [-0.05, 0) is 17.7 Å². The van der Waals surface area contributed by atoms with Crippen LogP contribution in [0, 0.1) is 0 Å². The zero-order valence-corrected chi connectivity index (χ0v) is 11.1. The minimum absolute atomic E-state index is 0.731. The van der Waals surface area contributed by atoms with Gasteiger partial charge in [0.1, 0.15) is 0 Å². The molecule has 0 aliphatic rings. The van der Waals surface area contributed by atoms with Gasteiger partial charge in [-0.2, -0.15) is 0 Å². The van der Waals surface area contributed by atoms with Crippen molar-refractivity contribution >= 4 is 39.2 Å². The van der Waals surface area contributed by atoms with E-state index in [0.717, 1.165) is 32.5 Å². The highest BCUT2D eigenvalue weighted by atomic mass is 79.9. The van der Waals surface area contributed by atoms with Crippen molar-refractivity contribution in [1.82, 2.24) is 0 Å². The lowest BCUT2D eigenvalue weighted by atomic mass is 10.1. The van der Waals surface area contributed by atoms with Crippen LogP contribution in [-0.2, 0) is 0 Å². The van der Waals surface area contributed by atoms with E-state index in [1.54, 1.807) is 11.3 Å². The maximum absolute atomic E-state index is 11.1. The average molecular weight is 296 g/mol. The van der Waals surface area contributed by atoms with E-state index >= 15 is 0 Å². The predicted octanol–water partition coefficient (Wildman–Crippen LogP) is 4.03. The Morgan fingerprint density at radius 3 is 2.56 bits per heavy atom. The van der Waals surface area contributed by atoms with Crippen LogP contribution in [0.15, 0.2) is 34.1 Å². The summed E-state index contributed by atoms with van der Waals surface area (Å²) in [5, 5.41) is 4.98. The van der Waals surface area contributed by atoms with Crippen LogP contribution < -0.4 is 5.32 Å². The summed E-state index contributed by atoms with van der Waals surface area (Å²) < 4.78 is 1.04. The Labute approximate surface area is 106 Å². The normalized spacial score (nSPS) is 10.1. The third kappa shape index (κ3) is 2.03. The summed E-state index contributed by atoms with van der Waals surface area (Å²) in [5.74, 6) is 0. The molecule has 0 amide bonds. The fourth-order valence-electron chi connectivity index (χ4n) is 1.50. The van der Waals surface area contributed by atoms with Gasteiger partial charge < -0.3 is 5.32 Å². The molecule has 0 unspecified atom stereocenters. The molecule has 0 saturated heterocycles. The number of carbonyl (C=O) groups is 1. The van der Waals surface area contributed by atoms with E-state index < -0.39 is 0 Å². The molecule has 2 nitrogen and oxygen atoms in total. The Morgan fingerprint density at radius 2 is 2.00 bits per heavy atom. The first-order valence-corrected chi connectivity index (χ1v) is 6.44. The largest absolute Gasteiger partial charge is 0.387 e. The number of benzene rings is 1. The fourth-order valence-corrected chi connectivity index (χ4v) is 2.80. The summed E-state index contributed by atoms with van der Waals surface area (Å²) in [6, 6.07) is 7.95. The van der Waals surface area contributed by atoms with Crippen molar-refractivity contribution < 1.29 is 4.79 Å². The van der Waals surface area contributed by atoms with Crippen LogP contribution in [-0.4, -0.2) is 13.3 Å². The number of aldehydes is 1. The van der Waals surface area contributed by atoms with E-state index in [0.29, 0.717) is 0 Å². The number of hydrogen-bond donors (Lipinski definition) is 1. The zero-order chi connectivity index (χ0) is 11.5. The Morgan fingerprint density at radius 1 is 1.31 bits per heavy atom. The van der Waals surface area contributed by atoms with Crippen molar-refractivity contribution in [2.75, 3.05) is 12.4 Å². The smallest absolute Gasteiger partial charge is 0.153 e. The molecule has 2 rings (SSSR count). The SMILES string of the molecule is CNc1csc(-c2ccc(Br)cc2)c1C=O. The zero-order valence-electron chi connectivity index (χ0n) is 8.66. The lowest BCUT2D eigenvalue weighted by Crippen LogP contribution is -1.91. The molecular weight excluding hydrogens is 286 g/mol. The maximum Gasteiger partial charge on any atom is 0.153 e. The quantitative estimate of drug-likeness (QED) is 0.866. The van der Waals surface area contributed by atoms with Crippen LogP contribution in [0.2, 0.25) is 0 Å². The second-order valence-electron chi connectivity index (χ2n) is 3.27. The van der Waals surface area contributed by atoms with Gasteiger partial charge in [-0.3, -0.25) is 4.79 Å². The number of hydrogen-bond acceptors (Lipinski definition) is 3. The molecule has 0 aliphatic heterocycles. The molecule has 0 radical (unpaired) electrons. The Hall–Kier alpha value is -1.13. The van der Waals surface area contributed by atoms with Gasteiger partial charge in [-0.15, -0.1) is 11.3 Å². The average Bonchev–Trinajstić information content (AvgIpc) is 2.72. The van der Waals surface area contributed by atoms with Crippen LogP contribution in [0.5, 0.6) is 0 Å². The van der Waals surface area contributed by atoms with Crippen LogP contribution in [0.4, 0.5) is 5.69 Å². The summed E-state index contributed by atoms with van der Waals surface area (Å²) in [4.78, 5) is 12.1. The first-order valence-electron chi connectivity index (χ1n) is 4.76. The van der Waals surface area contributed by atoms with Crippen molar-refractivity contribution in [3.63, 3.8) is 0 Å². The number of thiophene rings is 1. The molecule has 0 saturated carbocycles. The Balaban J connectivity index is 2.51. The number of nitrogens with one attached hydrogen (secondary N) is 1. The highest BCUT2D eigenvalue weighted by Gasteiger charge is 2.11. The highest BCUT2D eigenvalue weighted by molar-refractivity contribution is 9.10. The molecular formula is C12H10BrNOS. The third-order valence-corrected chi connectivity index (χ3v) is 3.90. The molecule has 0 atom stereocenters. The van der Waals surface area contributed by atoms with Crippen molar-refractivity contribution in [3.8, 4) is 10.4 Å². The fraction of sp³-hybridized carbons (Fsp3) is 0.0833. The summed E-state index contributed by atoms with van der Waals surface area (Å²) in [6.07, 6.45) is 0.902. The van der Waals surface area contributed by atoms with E-state index in [9.17, 15) is 4.79 Å². The summed E-state index contributed by atoms with van der Waals surface area (Å²) in [7, 11) is 1.82. The Bertz CT molecular complexity index is 504. The monoisotopic (exact) mass is 295 g/mol. The van der Waals surface area contributed by atoms with Crippen LogP contribution in [0.3, 0.4) is 0 Å². The summed E-state index contributed by atoms with van der Waals surface area (Å²) in [5.41, 5.74) is 2.68. The molecule has 0 bridgehead atoms. The predicted molar refractivity (Wildman–Crippen MR) is 72.4 cm³/mol. The minimum Gasteiger partial charge on any atom is -0.387 e. The number of anilines is 1. The van der Waals surface area contributed by atoms with Gasteiger partial charge >= 0.3 is 0 Å². The van der Waals surface area contributed by atoms with Crippen molar-refractivity contribution in [1.29, 1.82) is 0 Å². The molecule has 82 valence electrons. The van der Waals surface area contributed by atoms with Crippen molar-refractivity contribution in [2.45, 2.75) is 0 Å². The highest BCUT2D eigenvalue weighted by Crippen LogP contribution is 2.34. The molecule has 1 aromatic heterocycles. The maximum atomic E-state index is 11.1. The van der Waals surface area contributed by atoms with Gasteiger partial charge in [-0.1, -0.05) is 28.1 Å². The van der Waals surface area contributed by atoms with E-state index in [1.165, 1.54) is 0 Å². The van der Waals surface area contributed by atoms with Crippen LogP contribution in [0.25, 0.3) is 10.4 Å². The summed E-state index contributed by atoms with van der Waals surface area (Å²) >= 11 is 4.97. The topological polar surface area (TPSA) is 29.1 Å². The summed E-state index contributed by atoms with van der Waals surface area (Å²) in [6.45, 7) is 0. The third-order valence-electron chi connectivity index (χ3n) is 2.32. The molecule has 1 aromatic carbocycles. The number of halogens is 1. The second kappa shape index (κ2) is 4.80. The molecule has 0 fully saturated rings. The molecule has 0 aliphatic carbocycles. The minimum atomic E-state index is 0.731. The molecule has 4 heteroatoms. The van der Waals surface area contributed by atoms with Crippen LogP contribution >= 0.6 is 27.3 Å². The van der Waals surface area contributed by atoms with E-state index in [1.807, 2.05) is 36.7 Å². The van der Waals surface area contributed by atoms with Gasteiger partial charge in [0, 0.05) is 21.8 Å². The lowest BCUT2D eigenvalue weighted by molar-refractivity contribution is 0.112. The van der Waals surface area contributed by atoms with E-state index in [4.69, 9.17) is 0 Å². The molecule has 0 spiro atoms. The number of rotatable bonds is 3. The van der Waals surface area contributed by atoms with Gasteiger partial charge in [0.15, 0.2) is 6.29 Å². The number of carbonyl (C=O) groups excluding carboxylic acids is 1. The van der Waals surface area contributed by atoms with E-state index in [2.05, 4.69) is 21.2 Å². The standard InChI is InChI=1S/C12H10BrNOS/c1-14-11-7-16-12(10(11)6-15)8-2-4-9(13)5-3-8/h2-7,14H,1H3. The first kappa shape index (κ1) is 11.4. The molecule has 2 aromatic rings. The van der Waals surface area contributed by atoms with Gasteiger partial charge in [0.05, 0.1) is 11.3 Å². The van der Waals surface area contributed by atoms with E-state index in [-0.39, 0.29) is 0 Å². The lowest BCUT2D eigenvalue weighted by Gasteiger charge is -2.01.